The van der Waals surface area contributed by atoms with E-state index in [1.54, 1.807) is 48.5 Å². The quantitative estimate of drug-likeness (QED) is 0.854. The van der Waals surface area contributed by atoms with Gasteiger partial charge in [0, 0.05) is 5.02 Å². The fourth-order valence-electron chi connectivity index (χ4n) is 3.01. The van der Waals surface area contributed by atoms with Crippen LogP contribution in [-0.4, -0.2) is 16.8 Å². The van der Waals surface area contributed by atoms with Gasteiger partial charge in [0.05, 0.1) is 18.2 Å². The molecule has 3 amide bonds. The van der Waals surface area contributed by atoms with Crippen molar-refractivity contribution >= 4 is 23.5 Å². The first-order chi connectivity index (χ1) is 12.0. The van der Waals surface area contributed by atoms with Gasteiger partial charge in [0.1, 0.15) is 5.54 Å². The van der Waals surface area contributed by atoms with E-state index in [1.165, 1.54) is 4.90 Å². The molecule has 25 heavy (non-hydrogen) atoms. The molecule has 1 fully saturated rings. The highest BCUT2D eigenvalue weighted by Gasteiger charge is 2.51. The predicted molar refractivity (Wildman–Crippen MR) is 93.7 cm³/mol. The second-order valence-electron chi connectivity index (χ2n) is 5.90. The Balaban J connectivity index is 1.90. The van der Waals surface area contributed by atoms with Crippen LogP contribution >= 0.6 is 11.6 Å². The average Bonchev–Trinajstić information content (AvgIpc) is 2.88. The van der Waals surface area contributed by atoms with Crippen LogP contribution in [0.1, 0.15) is 30.0 Å². The van der Waals surface area contributed by atoms with Crippen molar-refractivity contribution in [3.63, 3.8) is 0 Å². The number of hydrogen-bond acceptors (Lipinski definition) is 3. The van der Waals surface area contributed by atoms with Gasteiger partial charge in [-0.05, 0) is 41.8 Å². The zero-order valence-electron chi connectivity index (χ0n) is 13.6. The Morgan fingerprint density at radius 1 is 1.12 bits per heavy atom. The normalized spacial score (nSPS) is 19.6. The number of imide groups is 1. The van der Waals surface area contributed by atoms with Crippen molar-refractivity contribution in [1.82, 2.24) is 10.2 Å². The van der Waals surface area contributed by atoms with Crippen LogP contribution in [0.25, 0.3) is 0 Å². The first-order valence-electron chi connectivity index (χ1n) is 7.89. The molecule has 126 valence electrons. The minimum absolute atomic E-state index is 0.158. The van der Waals surface area contributed by atoms with Crippen LogP contribution in [0.3, 0.4) is 0 Å². The lowest BCUT2D eigenvalue weighted by molar-refractivity contribution is -0.132. The number of urea groups is 1. The van der Waals surface area contributed by atoms with Crippen LogP contribution in [0.15, 0.2) is 48.5 Å². The summed E-state index contributed by atoms with van der Waals surface area (Å²) in [6.07, 6.45) is 0.434. The van der Waals surface area contributed by atoms with E-state index >= 15 is 0 Å². The molecular formula is C19H16ClN3O2. The van der Waals surface area contributed by atoms with Crippen LogP contribution in [0.4, 0.5) is 4.79 Å². The van der Waals surface area contributed by atoms with E-state index < -0.39 is 11.6 Å². The van der Waals surface area contributed by atoms with E-state index in [4.69, 9.17) is 16.9 Å². The number of halogens is 1. The van der Waals surface area contributed by atoms with Gasteiger partial charge in [0.25, 0.3) is 5.91 Å². The number of amides is 3. The highest BCUT2D eigenvalue weighted by atomic mass is 35.5. The largest absolute Gasteiger partial charge is 0.325 e. The van der Waals surface area contributed by atoms with E-state index in [2.05, 4.69) is 5.32 Å². The van der Waals surface area contributed by atoms with E-state index in [-0.39, 0.29) is 12.5 Å². The van der Waals surface area contributed by atoms with Gasteiger partial charge in [-0.25, -0.2) is 4.79 Å². The summed E-state index contributed by atoms with van der Waals surface area (Å²) in [6.45, 7) is 2.02. The molecule has 1 N–H and O–H groups in total. The van der Waals surface area contributed by atoms with Crippen LogP contribution in [0.5, 0.6) is 0 Å². The molecule has 0 saturated carbocycles. The number of rotatable bonds is 4. The molecule has 1 unspecified atom stereocenters. The van der Waals surface area contributed by atoms with Crippen molar-refractivity contribution in [2.45, 2.75) is 25.4 Å². The van der Waals surface area contributed by atoms with E-state index in [1.807, 2.05) is 13.0 Å². The van der Waals surface area contributed by atoms with Crippen LogP contribution in [0.2, 0.25) is 5.02 Å². The molecule has 1 aliphatic heterocycles. The molecule has 0 aliphatic carbocycles. The number of nitrogens with zero attached hydrogens (tertiary/aromatic N) is 2. The Labute approximate surface area is 150 Å². The lowest BCUT2D eigenvalue weighted by atomic mass is 9.87. The van der Waals surface area contributed by atoms with Crippen molar-refractivity contribution in [2.24, 2.45) is 0 Å². The predicted octanol–water partition coefficient (Wildman–Crippen LogP) is 3.57. The molecule has 2 aromatic carbocycles. The second-order valence-corrected chi connectivity index (χ2v) is 6.33. The van der Waals surface area contributed by atoms with Gasteiger partial charge in [0.15, 0.2) is 0 Å². The summed E-state index contributed by atoms with van der Waals surface area (Å²) in [4.78, 5) is 26.7. The molecule has 1 saturated heterocycles. The van der Waals surface area contributed by atoms with Gasteiger partial charge >= 0.3 is 6.03 Å². The van der Waals surface area contributed by atoms with Crippen molar-refractivity contribution in [1.29, 1.82) is 5.26 Å². The third-order valence-corrected chi connectivity index (χ3v) is 4.72. The number of carbonyl (C=O) groups is 2. The number of nitrogens with one attached hydrogen (secondary N) is 1. The van der Waals surface area contributed by atoms with Gasteiger partial charge in [-0.2, -0.15) is 5.26 Å². The molecule has 5 nitrogen and oxygen atoms in total. The summed E-state index contributed by atoms with van der Waals surface area (Å²) < 4.78 is 0. The van der Waals surface area contributed by atoms with Crippen LogP contribution < -0.4 is 5.32 Å². The van der Waals surface area contributed by atoms with E-state index in [9.17, 15) is 9.59 Å². The van der Waals surface area contributed by atoms with Crippen molar-refractivity contribution in [2.75, 3.05) is 0 Å². The van der Waals surface area contributed by atoms with E-state index in [0.717, 1.165) is 5.56 Å². The minimum atomic E-state index is -1.08. The van der Waals surface area contributed by atoms with Crippen LogP contribution in [0, 0.1) is 11.3 Å². The fraction of sp³-hybridized carbons (Fsp3) is 0.211. The molecular weight excluding hydrogens is 338 g/mol. The third-order valence-electron chi connectivity index (χ3n) is 4.47. The molecule has 2 aromatic rings. The van der Waals surface area contributed by atoms with Crippen molar-refractivity contribution < 1.29 is 9.59 Å². The molecule has 0 radical (unpaired) electrons. The number of hydrogen-bond donors (Lipinski definition) is 1. The molecule has 0 spiro atoms. The topological polar surface area (TPSA) is 73.2 Å². The molecule has 6 heteroatoms. The zero-order chi connectivity index (χ0) is 18.0. The molecule has 1 aliphatic rings. The van der Waals surface area contributed by atoms with Gasteiger partial charge < -0.3 is 5.32 Å². The molecule has 1 atom stereocenters. The highest BCUT2D eigenvalue weighted by molar-refractivity contribution is 6.30. The molecule has 0 aromatic heterocycles. The lowest BCUT2D eigenvalue weighted by Gasteiger charge is -2.26. The second kappa shape index (κ2) is 6.58. The lowest BCUT2D eigenvalue weighted by Crippen LogP contribution is -2.43. The smallest absolute Gasteiger partial charge is 0.319 e. The number of benzene rings is 2. The maximum Gasteiger partial charge on any atom is 0.325 e. The standard InChI is InChI=1S/C19H16ClN3O2/c1-2-19(15-7-9-16(20)10-8-15)17(24)23(18(25)22-19)12-14-5-3-13(11-21)4-6-14/h3-10H,2,12H2,1H3,(H,22,25). The number of carbonyl (C=O) groups excluding carboxylic acids is 2. The van der Waals surface area contributed by atoms with E-state index in [0.29, 0.717) is 22.6 Å². The van der Waals surface area contributed by atoms with Crippen LogP contribution in [-0.2, 0) is 16.9 Å². The Bertz CT molecular complexity index is 856. The Kier molecular flexibility index (Phi) is 4.47. The third kappa shape index (κ3) is 2.97. The fourth-order valence-corrected chi connectivity index (χ4v) is 3.14. The summed E-state index contributed by atoms with van der Waals surface area (Å²) >= 11 is 5.93. The summed E-state index contributed by atoms with van der Waals surface area (Å²) in [7, 11) is 0. The van der Waals surface area contributed by atoms with Gasteiger partial charge in [0.2, 0.25) is 0 Å². The van der Waals surface area contributed by atoms with Crippen molar-refractivity contribution in [3.8, 4) is 6.07 Å². The first-order valence-corrected chi connectivity index (χ1v) is 8.27. The average molecular weight is 354 g/mol. The summed E-state index contributed by atoms with van der Waals surface area (Å²) in [5.41, 5.74) is 0.949. The monoisotopic (exact) mass is 353 g/mol. The maximum atomic E-state index is 13.0. The minimum Gasteiger partial charge on any atom is -0.319 e. The number of nitriles is 1. The Morgan fingerprint density at radius 2 is 1.76 bits per heavy atom. The maximum absolute atomic E-state index is 13.0. The first kappa shape index (κ1) is 17.0. The van der Waals surface area contributed by atoms with Crippen molar-refractivity contribution in [3.05, 3.63) is 70.2 Å². The highest BCUT2D eigenvalue weighted by Crippen LogP contribution is 2.33. The molecule has 1 heterocycles. The summed E-state index contributed by atoms with van der Waals surface area (Å²) in [5, 5.41) is 12.3. The summed E-state index contributed by atoms with van der Waals surface area (Å²) in [6, 6.07) is 15.4. The van der Waals surface area contributed by atoms with Gasteiger partial charge in [-0.15, -0.1) is 0 Å². The molecule has 0 bridgehead atoms. The summed E-state index contributed by atoms with van der Waals surface area (Å²) in [5.74, 6) is -0.285. The van der Waals surface area contributed by atoms with Gasteiger partial charge in [-0.1, -0.05) is 42.8 Å². The zero-order valence-corrected chi connectivity index (χ0v) is 14.4. The Hall–Kier alpha value is -2.84. The molecule has 3 rings (SSSR count). The SMILES string of the molecule is CCC1(c2ccc(Cl)cc2)NC(=O)N(Cc2ccc(C#N)cc2)C1=O. The van der Waals surface area contributed by atoms with Gasteiger partial charge in [-0.3, -0.25) is 9.69 Å². The Morgan fingerprint density at radius 3 is 2.32 bits per heavy atom.